The van der Waals surface area contributed by atoms with Gasteiger partial charge in [0.1, 0.15) is 23.9 Å². The van der Waals surface area contributed by atoms with E-state index in [1.165, 1.54) is 47.4 Å². The van der Waals surface area contributed by atoms with Gasteiger partial charge in [-0.2, -0.15) is 0 Å². The van der Waals surface area contributed by atoms with Crippen molar-refractivity contribution in [2.75, 3.05) is 18.5 Å². The zero-order valence-electron chi connectivity index (χ0n) is 16.8. The first-order chi connectivity index (χ1) is 15.0. The topological polar surface area (TPSA) is 58.6 Å². The Hall–Kier alpha value is -3.74. The number of fused-ring (bicyclic) bond motifs is 1. The number of rotatable bonds is 4. The van der Waals surface area contributed by atoms with Gasteiger partial charge in [0.05, 0.1) is 12.6 Å². The molecule has 0 fully saturated rings. The van der Waals surface area contributed by atoms with Crippen LogP contribution in [-0.2, 0) is 4.79 Å². The summed E-state index contributed by atoms with van der Waals surface area (Å²) in [4.78, 5) is 27.4. The highest BCUT2D eigenvalue weighted by Crippen LogP contribution is 2.37. The van der Waals surface area contributed by atoms with E-state index in [2.05, 4.69) is 5.32 Å². The van der Waals surface area contributed by atoms with Gasteiger partial charge >= 0.3 is 0 Å². The molecule has 4 rings (SSSR count). The van der Waals surface area contributed by atoms with Crippen LogP contribution in [0.5, 0.6) is 5.75 Å². The predicted octanol–water partition coefficient (Wildman–Crippen LogP) is 4.55. The minimum absolute atomic E-state index is 0.246. The molecule has 0 aliphatic carbocycles. The molecule has 3 aromatic carbocycles. The maximum absolute atomic E-state index is 14.2. The highest BCUT2D eigenvalue weighted by atomic mass is 19.1. The molecule has 3 aromatic rings. The van der Waals surface area contributed by atoms with Crippen LogP contribution in [0.1, 0.15) is 34.5 Å². The molecular formula is C24H20F2N2O3. The number of nitrogens with zero attached hydrogens (tertiary/aromatic N) is 1. The van der Waals surface area contributed by atoms with Crippen LogP contribution in [0.15, 0.2) is 66.7 Å². The van der Waals surface area contributed by atoms with Crippen LogP contribution < -0.4 is 10.1 Å². The molecule has 2 amide bonds. The molecule has 1 aliphatic rings. The predicted molar refractivity (Wildman–Crippen MR) is 112 cm³/mol. The molecule has 1 aliphatic heterocycles. The highest BCUT2D eigenvalue weighted by Gasteiger charge is 2.34. The number of hydrogen-bond acceptors (Lipinski definition) is 3. The van der Waals surface area contributed by atoms with Crippen LogP contribution >= 0.6 is 0 Å². The molecular weight excluding hydrogens is 402 g/mol. The number of hydrogen-bond donors (Lipinski definition) is 1. The molecule has 0 spiro atoms. The Morgan fingerprint density at radius 3 is 2.39 bits per heavy atom. The van der Waals surface area contributed by atoms with Gasteiger partial charge < -0.3 is 15.0 Å². The van der Waals surface area contributed by atoms with Crippen molar-refractivity contribution in [2.45, 2.75) is 13.0 Å². The second-order valence-electron chi connectivity index (χ2n) is 7.12. The molecule has 1 atom stereocenters. The minimum Gasteiger partial charge on any atom is -0.494 e. The fourth-order valence-corrected chi connectivity index (χ4v) is 3.70. The molecule has 0 saturated carbocycles. The van der Waals surface area contributed by atoms with Crippen molar-refractivity contribution in [3.05, 3.63) is 95.1 Å². The summed E-state index contributed by atoms with van der Waals surface area (Å²) in [6.45, 7) is 2.11. The van der Waals surface area contributed by atoms with Crippen LogP contribution in [0.2, 0.25) is 0 Å². The normalized spacial score (nSPS) is 15.6. The fraction of sp³-hybridized carbons (Fsp3) is 0.167. The number of amides is 2. The number of carbonyl (C=O) groups excluding carboxylic acids is 2. The first-order valence-corrected chi connectivity index (χ1v) is 9.85. The van der Waals surface area contributed by atoms with E-state index >= 15 is 0 Å². The molecule has 0 saturated heterocycles. The largest absolute Gasteiger partial charge is 0.494 e. The third-order valence-corrected chi connectivity index (χ3v) is 5.07. The first-order valence-electron chi connectivity index (χ1n) is 9.85. The van der Waals surface area contributed by atoms with Gasteiger partial charge in [-0.3, -0.25) is 9.59 Å². The molecule has 31 heavy (non-hydrogen) atoms. The molecule has 1 heterocycles. The van der Waals surface area contributed by atoms with E-state index in [9.17, 15) is 18.4 Å². The van der Waals surface area contributed by atoms with Crippen LogP contribution in [0.25, 0.3) is 0 Å². The average molecular weight is 422 g/mol. The van der Waals surface area contributed by atoms with E-state index in [1.807, 2.05) is 6.92 Å². The Kier molecular flexibility index (Phi) is 5.66. The number of ether oxygens (including phenoxy) is 1. The van der Waals surface area contributed by atoms with Gasteiger partial charge in [0.15, 0.2) is 0 Å². The van der Waals surface area contributed by atoms with Crippen molar-refractivity contribution in [3.8, 4) is 5.75 Å². The summed E-state index contributed by atoms with van der Waals surface area (Å²) in [6, 6.07) is 15.4. The monoisotopic (exact) mass is 422 g/mol. The molecule has 7 heteroatoms. The number of halogens is 2. The molecule has 0 radical (unpaired) electrons. The van der Waals surface area contributed by atoms with Crippen molar-refractivity contribution in [2.24, 2.45) is 0 Å². The van der Waals surface area contributed by atoms with Crippen LogP contribution in [0, 0.1) is 11.6 Å². The average Bonchev–Trinajstić information content (AvgIpc) is 2.90. The molecule has 0 bridgehead atoms. The van der Waals surface area contributed by atoms with E-state index in [0.717, 1.165) is 0 Å². The van der Waals surface area contributed by atoms with Gasteiger partial charge in [-0.05, 0) is 67.1 Å². The van der Waals surface area contributed by atoms with Crippen LogP contribution in [-0.4, -0.2) is 29.9 Å². The van der Waals surface area contributed by atoms with E-state index < -0.39 is 29.5 Å². The standard InChI is InChI=1S/C24H20F2N2O3/c1-2-31-19-10-5-16(6-11-19)24(30)28-14-22(29)27-21-12-9-18(26)13-20(21)23(28)15-3-7-17(25)8-4-15/h3-13,23H,2,14H2,1H3,(H,27,29)/t23-/m1/s1. The number of nitrogens with one attached hydrogen (secondary N) is 1. The summed E-state index contributed by atoms with van der Waals surface area (Å²) in [5.41, 5.74) is 1.73. The highest BCUT2D eigenvalue weighted by molar-refractivity contribution is 6.01. The number of anilines is 1. The van der Waals surface area contributed by atoms with Crippen LogP contribution in [0.3, 0.4) is 0 Å². The van der Waals surface area contributed by atoms with Crippen molar-refractivity contribution >= 4 is 17.5 Å². The zero-order valence-corrected chi connectivity index (χ0v) is 16.8. The first kappa shape index (κ1) is 20.5. The zero-order chi connectivity index (χ0) is 22.0. The molecule has 0 aromatic heterocycles. The minimum atomic E-state index is -0.788. The smallest absolute Gasteiger partial charge is 0.255 e. The summed E-state index contributed by atoms with van der Waals surface area (Å²) in [6.07, 6.45) is 0. The fourth-order valence-electron chi connectivity index (χ4n) is 3.70. The lowest BCUT2D eigenvalue weighted by molar-refractivity contribution is -0.117. The second kappa shape index (κ2) is 8.55. The van der Waals surface area contributed by atoms with Gasteiger partial charge in [0.2, 0.25) is 5.91 Å². The van der Waals surface area contributed by atoms with Gasteiger partial charge in [0.25, 0.3) is 5.91 Å². The summed E-state index contributed by atoms with van der Waals surface area (Å²) >= 11 is 0. The van der Waals surface area contributed by atoms with E-state index in [0.29, 0.717) is 34.7 Å². The van der Waals surface area contributed by atoms with E-state index in [1.54, 1.807) is 24.3 Å². The maximum atomic E-state index is 14.2. The van der Waals surface area contributed by atoms with Crippen molar-refractivity contribution < 1.29 is 23.1 Å². The van der Waals surface area contributed by atoms with Gasteiger partial charge in [-0.25, -0.2) is 8.78 Å². The Bertz CT molecular complexity index is 1110. The van der Waals surface area contributed by atoms with Gasteiger partial charge in [-0.1, -0.05) is 12.1 Å². The third-order valence-electron chi connectivity index (χ3n) is 5.07. The van der Waals surface area contributed by atoms with Gasteiger partial charge in [0, 0.05) is 16.8 Å². The van der Waals surface area contributed by atoms with E-state index in [-0.39, 0.29) is 6.54 Å². The van der Waals surface area contributed by atoms with Crippen molar-refractivity contribution in [1.82, 2.24) is 4.90 Å². The second-order valence-corrected chi connectivity index (χ2v) is 7.12. The van der Waals surface area contributed by atoms with Gasteiger partial charge in [-0.15, -0.1) is 0 Å². The lowest BCUT2D eigenvalue weighted by Crippen LogP contribution is -2.39. The maximum Gasteiger partial charge on any atom is 0.255 e. The SMILES string of the molecule is CCOc1ccc(C(=O)N2CC(=O)Nc3ccc(F)cc3[C@H]2c2ccc(F)cc2)cc1. The van der Waals surface area contributed by atoms with E-state index in [4.69, 9.17) is 4.74 Å². The van der Waals surface area contributed by atoms with Crippen molar-refractivity contribution in [3.63, 3.8) is 0 Å². The quantitative estimate of drug-likeness (QED) is 0.671. The summed E-state index contributed by atoms with van der Waals surface area (Å²) in [5, 5.41) is 2.73. The molecule has 0 unspecified atom stereocenters. The number of benzene rings is 3. The Labute approximate surface area is 178 Å². The molecule has 5 nitrogen and oxygen atoms in total. The van der Waals surface area contributed by atoms with Crippen molar-refractivity contribution in [1.29, 1.82) is 0 Å². The number of carbonyl (C=O) groups is 2. The summed E-state index contributed by atoms with van der Waals surface area (Å²) in [5.74, 6) is -1.14. The summed E-state index contributed by atoms with van der Waals surface area (Å²) < 4.78 is 33.1. The molecule has 1 N–H and O–H groups in total. The third kappa shape index (κ3) is 4.26. The Balaban J connectivity index is 1.82. The Morgan fingerprint density at radius 2 is 1.71 bits per heavy atom. The van der Waals surface area contributed by atoms with Crippen LogP contribution in [0.4, 0.5) is 14.5 Å². The summed E-state index contributed by atoms with van der Waals surface area (Å²) in [7, 11) is 0. The lowest BCUT2D eigenvalue weighted by Gasteiger charge is -2.30. The Morgan fingerprint density at radius 1 is 1.03 bits per heavy atom. The molecule has 158 valence electrons. The lowest BCUT2D eigenvalue weighted by atomic mass is 9.95.